The van der Waals surface area contributed by atoms with E-state index in [1.54, 1.807) is 0 Å². The van der Waals surface area contributed by atoms with Crippen molar-refractivity contribution in [3.05, 3.63) is 0 Å². The van der Waals surface area contributed by atoms with Crippen LogP contribution in [0.5, 0.6) is 0 Å². The number of hydrogen-bond donors (Lipinski definition) is 2. The Bertz CT molecular complexity index is 191. The van der Waals surface area contributed by atoms with E-state index in [2.05, 4.69) is 0 Å². The second-order valence-corrected chi connectivity index (χ2v) is 5.36. The zero-order valence-corrected chi connectivity index (χ0v) is 17.7. The number of hydrogen-bond acceptors (Lipinski definition) is 6. The molecule has 0 unspecified atom stereocenters. The zero-order chi connectivity index (χ0) is 16.7. The average Bonchev–Trinajstić information content (AvgIpc) is 2.32. The van der Waals surface area contributed by atoms with Crippen LogP contribution in [0.1, 0.15) is 35.1 Å². The Morgan fingerprint density at radius 2 is 1.00 bits per heavy atom. The Morgan fingerprint density at radius 1 is 0.913 bits per heavy atom. The van der Waals surface area contributed by atoms with E-state index in [0.717, 1.165) is 12.6 Å². The van der Waals surface area contributed by atoms with Gasteiger partial charge in [-0.25, -0.2) is 0 Å². The maximum atomic E-state index is 9.79. The number of Topliss-reactive ketones (excluding diaryl/α,β-unsaturated/α-hetero) is 2. The first-order valence-electron chi connectivity index (χ1n) is 4.66. The van der Waals surface area contributed by atoms with Crippen molar-refractivity contribution in [1.82, 2.24) is 0 Å². The van der Waals surface area contributed by atoms with Gasteiger partial charge in [0.25, 0.3) is 0 Å². The van der Waals surface area contributed by atoms with E-state index >= 15 is 0 Å². The van der Waals surface area contributed by atoms with Gasteiger partial charge in [0.05, 0.1) is 13.2 Å². The molecule has 0 atom stereocenters. The number of aliphatic hydroxyl groups is 2. The Morgan fingerprint density at radius 3 is 1.00 bits per heavy atom. The fourth-order valence-electron chi connectivity index (χ4n) is 0. The van der Waals surface area contributed by atoms with Crippen molar-refractivity contribution in [3.63, 3.8) is 0 Å². The number of aldehydes is 2. The van der Waals surface area contributed by atoms with Gasteiger partial charge < -0.3 is 50.1 Å². The van der Waals surface area contributed by atoms with Crippen LogP contribution in [0, 0.1) is 0 Å². The van der Waals surface area contributed by atoms with Gasteiger partial charge in [-0.15, -0.1) is 0 Å². The molecule has 0 rings (SSSR count). The topological polar surface area (TPSA) is 140 Å². The van der Waals surface area contributed by atoms with Crippen molar-refractivity contribution >= 4 is 43.0 Å². The number of halogens is 4. The molecular weight excluding hydrogens is 581 g/mol. The first-order chi connectivity index (χ1) is 8.80. The van der Waals surface area contributed by atoms with Crippen LogP contribution in [0.4, 0.5) is 0 Å². The van der Waals surface area contributed by atoms with Crippen LogP contribution in [-0.4, -0.2) is 53.0 Å². The molecule has 0 aromatic rings. The molecule has 0 fully saturated rings. The summed E-state index contributed by atoms with van der Waals surface area (Å²) in [5.74, 6) is -0.759. The summed E-state index contributed by atoms with van der Waals surface area (Å²) in [5, 5.41) is 15.2. The van der Waals surface area contributed by atoms with Crippen LogP contribution in [0.3, 0.4) is 0 Å². The van der Waals surface area contributed by atoms with Crippen molar-refractivity contribution in [2.45, 2.75) is 35.1 Å². The van der Waals surface area contributed by atoms with Crippen molar-refractivity contribution in [3.8, 4) is 0 Å². The molecule has 0 spiro atoms. The van der Waals surface area contributed by atoms with E-state index in [1.807, 2.05) is 0 Å². The predicted molar refractivity (Wildman–Crippen MR) is 81.1 cm³/mol. The van der Waals surface area contributed by atoms with Crippen LogP contribution in [0.25, 0.3) is 0 Å². The minimum atomic E-state index is -0.472. The molecule has 4 N–H and O–H groups in total. The van der Waals surface area contributed by atoms with E-state index in [0.29, 0.717) is 0 Å². The molecule has 0 saturated carbocycles. The molecule has 0 aliphatic carbocycles. The second kappa shape index (κ2) is 78.9. The summed E-state index contributed by atoms with van der Waals surface area (Å²) in [6.45, 7) is 5.14. The Balaban J connectivity index is -0.0000000150. The van der Waals surface area contributed by atoms with Gasteiger partial charge in [-0.05, 0) is 13.8 Å². The van der Waals surface area contributed by atoms with Crippen molar-refractivity contribution in [2.24, 2.45) is 0 Å². The summed E-state index contributed by atoms with van der Waals surface area (Å²) < 4.78 is 0. The summed E-state index contributed by atoms with van der Waals surface area (Å²) in [6.07, 6.45) is 1.50. The summed E-state index contributed by atoms with van der Waals surface area (Å²) in [7, 11) is 9.75. The zero-order valence-electron chi connectivity index (χ0n) is 12.4. The van der Waals surface area contributed by atoms with Gasteiger partial charge >= 0.3 is 35.3 Å². The van der Waals surface area contributed by atoms with Crippen molar-refractivity contribution < 1.29 is 76.2 Å². The first-order valence-corrected chi connectivity index (χ1v) is 10.3. The van der Waals surface area contributed by atoms with Gasteiger partial charge in [-0.3, -0.25) is 9.59 Å². The third-order valence-corrected chi connectivity index (χ3v) is 0.596. The molecule has 7 nitrogen and oxygen atoms in total. The number of ketones is 2. The van der Waals surface area contributed by atoms with Gasteiger partial charge in [-0.2, -0.15) is 0 Å². The molecule has 23 heavy (non-hydrogen) atoms. The van der Waals surface area contributed by atoms with Gasteiger partial charge in [0.15, 0.2) is 11.6 Å². The second-order valence-electron chi connectivity index (χ2n) is 2.08. The predicted octanol–water partition coefficient (Wildman–Crippen LogP) is -5.26. The Hall–Kier alpha value is 0.408. The molecule has 0 aliphatic heterocycles. The third-order valence-electron chi connectivity index (χ3n) is 0.596. The van der Waals surface area contributed by atoms with E-state index in [1.165, 1.54) is 27.7 Å². The number of rotatable bonds is 2. The van der Waals surface area contributed by atoms with Gasteiger partial charge in [0.1, 0.15) is 12.6 Å². The Labute approximate surface area is 167 Å². The minimum absolute atomic E-state index is 0. The molecule has 12 heteroatoms. The molecule has 0 aromatic carbocycles. The summed E-state index contributed by atoms with van der Waals surface area (Å²) in [6, 6.07) is 0. The maximum absolute atomic E-state index is 9.79. The molecule has 0 heterocycles. The van der Waals surface area contributed by atoms with Crippen molar-refractivity contribution in [2.75, 3.05) is 13.2 Å². The normalized spacial score (nSPS) is 5.39. The van der Waals surface area contributed by atoms with Gasteiger partial charge in [-0.1, -0.05) is 7.43 Å². The van der Waals surface area contributed by atoms with E-state index in [4.69, 9.17) is 38.6 Å². The van der Waals surface area contributed by atoms with Crippen LogP contribution in [0.15, 0.2) is 0 Å². The molecule has 152 valence electrons. The van der Waals surface area contributed by atoms with Gasteiger partial charge in [0, 0.05) is 13.8 Å². The fourth-order valence-corrected chi connectivity index (χ4v) is 0. The van der Waals surface area contributed by atoms with Crippen LogP contribution in [-0.2, 0) is 35.7 Å². The molecular formula is C11H26Cl4O7Pt-2. The molecule has 0 amide bonds. The standard InChI is InChI=1S/C4H6O2.C2H6O2.2C2H4O.CH4.4ClH.H2O.Pt/c1-3(5)4(2)6;3-1-2-4;2*1-2-3;;;;;;;/h1-2H3;3-4H,1-2H2;2*2H,1H3;1H4;4*1H;1H2;/q;;;;;;;;;;+2/p-4. The van der Waals surface area contributed by atoms with E-state index in [-0.39, 0.29) is 62.5 Å². The molecule has 0 radical (unpaired) electrons. The molecule has 0 saturated heterocycles. The van der Waals surface area contributed by atoms with Crippen LogP contribution >= 0.6 is 18.8 Å². The monoisotopic (exact) mass is 605 g/mol. The summed E-state index contributed by atoms with van der Waals surface area (Å²) in [5.41, 5.74) is 0. The average molecular weight is 607 g/mol. The number of carbonyl (C=O) groups excluding carboxylic acids is 4. The summed E-state index contributed by atoms with van der Waals surface area (Å²) >= 11 is -0.472. The van der Waals surface area contributed by atoms with Gasteiger partial charge in [0.2, 0.25) is 0 Å². The summed E-state index contributed by atoms with van der Waals surface area (Å²) in [4.78, 5) is 37.2. The first kappa shape index (κ1) is 56.6. The molecule has 0 aliphatic rings. The quantitative estimate of drug-likeness (QED) is 0.238. The SMILES string of the molecule is C.CC(=O)C(C)=O.CC=O.CC=O.O.OCCO.[Cl-].[Cl-].[Cl][Pt][Cl]. The van der Waals surface area contributed by atoms with E-state index < -0.39 is 16.5 Å². The van der Waals surface area contributed by atoms with Crippen molar-refractivity contribution in [1.29, 1.82) is 0 Å². The Kier molecular flexibility index (Phi) is 194. The van der Waals surface area contributed by atoms with Crippen LogP contribution < -0.4 is 24.8 Å². The third kappa shape index (κ3) is 319. The molecule has 0 aromatic heterocycles. The number of aliphatic hydroxyl groups excluding tert-OH is 2. The molecule has 0 bridgehead atoms. The fraction of sp³-hybridized carbons (Fsp3) is 0.636. The van der Waals surface area contributed by atoms with Crippen LogP contribution in [0.2, 0.25) is 0 Å². The van der Waals surface area contributed by atoms with E-state index in [9.17, 15) is 9.59 Å². The number of carbonyl (C=O) groups is 4.